The number of aryl methyl sites for hydroxylation is 2. The number of aromatic nitrogens is 2. The number of hydrogen-bond acceptors (Lipinski definition) is 6. The number of ether oxygens (including phenoxy) is 1. The third kappa shape index (κ3) is 5.96. The Balaban J connectivity index is 1.41. The van der Waals surface area contributed by atoms with Crippen LogP contribution in [-0.2, 0) is 17.6 Å². The molecule has 0 aliphatic carbocycles. The van der Waals surface area contributed by atoms with Crippen LogP contribution in [0.3, 0.4) is 0 Å². The van der Waals surface area contributed by atoms with Crippen molar-refractivity contribution in [3.8, 4) is 5.75 Å². The lowest BCUT2D eigenvalue weighted by Crippen LogP contribution is -2.18. The van der Waals surface area contributed by atoms with Crippen LogP contribution in [-0.4, -0.2) is 23.2 Å². The SMILES string of the molecule is COc1ccc(CCc2nnc(NC(=O)C(Sc3ccccc3)c3ccccc3)s2)cc1. The van der Waals surface area contributed by atoms with Crippen molar-refractivity contribution in [1.29, 1.82) is 0 Å². The fourth-order valence-electron chi connectivity index (χ4n) is 3.16. The van der Waals surface area contributed by atoms with Crippen molar-refractivity contribution in [2.75, 3.05) is 12.4 Å². The molecule has 1 heterocycles. The minimum atomic E-state index is -0.384. The number of nitrogens with zero attached hydrogens (tertiary/aromatic N) is 2. The molecule has 1 unspecified atom stereocenters. The van der Waals surface area contributed by atoms with Crippen molar-refractivity contribution >= 4 is 34.1 Å². The van der Waals surface area contributed by atoms with Gasteiger partial charge in [0.25, 0.3) is 0 Å². The fourth-order valence-corrected chi connectivity index (χ4v) is 4.94. The Bertz CT molecular complexity index is 1130. The van der Waals surface area contributed by atoms with Crippen LogP contribution >= 0.6 is 23.1 Å². The first kappa shape index (κ1) is 22.0. The first-order valence-electron chi connectivity index (χ1n) is 10.2. The molecule has 1 atom stereocenters. The Hall–Kier alpha value is -3.16. The van der Waals surface area contributed by atoms with E-state index in [2.05, 4.69) is 15.5 Å². The van der Waals surface area contributed by atoms with Crippen LogP contribution in [0.1, 0.15) is 21.4 Å². The Morgan fingerprint density at radius 3 is 2.31 bits per heavy atom. The second-order valence-corrected chi connectivity index (χ2v) is 9.30. The van der Waals surface area contributed by atoms with E-state index in [0.717, 1.165) is 34.1 Å². The average Bonchev–Trinajstić information content (AvgIpc) is 3.30. The molecule has 0 radical (unpaired) electrons. The van der Waals surface area contributed by atoms with Gasteiger partial charge >= 0.3 is 0 Å². The normalized spacial score (nSPS) is 11.7. The number of carbonyl (C=O) groups is 1. The molecule has 3 aromatic carbocycles. The summed E-state index contributed by atoms with van der Waals surface area (Å²) >= 11 is 2.94. The summed E-state index contributed by atoms with van der Waals surface area (Å²) in [5.74, 6) is 0.735. The highest BCUT2D eigenvalue weighted by Crippen LogP contribution is 2.36. The summed E-state index contributed by atoms with van der Waals surface area (Å²) in [6.07, 6.45) is 1.61. The molecule has 1 N–H and O–H groups in total. The van der Waals surface area contributed by atoms with E-state index >= 15 is 0 Å². The van der Waals surface area contributed by atoms with E-state index in [0.29, 0.717) is 5.13 Å². The molecule has 0 spiro atoms. The third-order valence-electron chi connectivity index (χ3n) is 4.82. The largest absolute Gasteiger partial charge is 0.497 e. The molecular formula is C25H23N3O2S2. The number of rotatable bonds is 9. The van der Waals surface area contributed by atoms with Crippen molar-refractivity contribution in [3.05, 3.63) is 101 Å². The van der Waals surface area contributed by atoms with Gasteiger partial charge in [0.1, 0.15) is 16.0 Å². The van der Waals surface area contributed by atoms with Crippen LogP contribution in [0.25, 0.3) is 0 Å². The van der Waals surface area contributed by atoms with Crippen LogP contribution in [0, 0.1) is 0 Å². The minimum Gasteiger partial charge on any atom is -0.497 e. The maximum atomic E-state index is 13.2. The second kappa shape index (κ2) is 10.9. The van der Waals surface area contributed by atoms with Gasteiger partial charge in [-0.05, 0) is 41.8 Å². The smallest absolute Gasteiger partial charge is 0.244 e. The molecule has 32 heavy (non-hydrogen) atoms. The predicted molar refractivity (Wildman–Crippen MR) is 130 cm³/mol. The summed E-state index contributed by atoms with van der Waals surface area (Å²) in [5, 5.41) is 12.4. The van der Waals surface area contributed by atoms with E-state index in [1.807, 2.05) is 84.9 Å². The van der Waals surface area contributed by atoms with E-state index < -0.39 is 0 Å². The molecule has 162 valence electrons. The van der Waals surface area contributed by atoms with Crippen LogP contribution in [0.5, 0.6) is 5.75 Å². The number of hydrogen-bond donors (Lipinski definition) is 1. The van der Waals surface area contributed by atoms with Crippen molar-refractivity contribution < 1.29 is 9.53 Å². The van der Waals surface area contributed by atoms with Crippen molar-refractivity contribution in [1.82, 2.24) is 10.2 Å². The van der Waals surface area contributed by atoms with Crippen molar-refractivity contribution in [2.24, 2.45) is 0 Å². The van der Waals surface area contributed by atoms with Gasteiger partial charge < -0.3 is 4.74 Å². The summed E-state index contributed by atoms with van der Waals surface area (Å²) in [6.45, 7) is 0. The second-order valence-electron chi connectivity index (χ2n) is 7.06. The van der Waals surface area contributed by atoms with Gasteiger partial charge in [-0.1, -0.05) is 72.0 Å². The molecule has 1 aromatic heterocycles. The number of amides is 1. The van der Waals surface area contributed by atoms with Gasteiger partial charge in [-0.3, -0.25) is 10.1 Å². The molecule has 5 nitrogen and oxygen atoms in total. The van der Waals surface area contributed by atoms with E-state index in [9.17, 15) is 4.79 Å². The van der Waals surface area contributed by atoms with Crippen molar-refractivity contribution in [3.63, 3.8) is 0 Å². The van der Waals surface area contributed by atoms with E-state index in [1.165, 1.54) is 28.7 Å². The maximum absolute atomic E-state index is 13.2. The van der Waals surface area contributed by atoms with Gasteiger partial charge in [-0.15, -0.1) is 22.0 Å². The number of nitrogens with one attached hydrogen (secondary N) is 1. The number of carbonyl (C=O) groups excluding carboxylic acids is 1. The first-order chi connectivity index (χ1) is 15.7. The maximum Gasteiger partial charge on any atom is 0.244 e. The monoisotopic (exact) mass is 461 g/mol. The molecule has 4 rings (SSSR count). The summed E-state index contributed by atoms with van der Waals surface area (Å²) in [7, 11) is 1.66. The predicted octanol–water partition coefficient (Wildman–Crippen LogP) is 5.80. The number of anilines is 1. The highest BCUT2D eigenvalue weighted by atomic mass is 32.2. The number of methoxy groups -OCH3 is 1. The van der Waals surface area contributed by atoms with E-state index in [4.69, 9.17) is 4.74 Å². The van der Waals surface area contributed by atoms with Gasteiger partial charge in [-0.2, -0.15) is 0 Å². The van der Waals surface area contributed by atoms with Gasteiger partial charge in [-0.25, -0.2) is 0 Å². The topological polar surface area (TPSA) is 64.1 Å². The summed E-state index contributed by atoms with van der Waals surface area (Å²) in [5.41, 5.74) is 2.15. The molecule has 0 bridgehead atoms. The summed E-state index contributed by atoms with van der Waals surface area (Å²) in [6, 6.07) is 27.7. The summed E-state index contributed by atoms with van der Waals surface area (Å²) in [4.78, 5) is 14.2. The summed E-state index contributed by atoms with van der Waals surface area (Å²) < 4.78 is 5.20. The van der Waals surface area contributed by atoms with Gasteiger partial charge in [0.05, 0.1) is 7.11 Å². The zero-order valence-electron chi connectivity index (χ0n) is 17.6. The Morgan fingerprint density at radius 2 is 1.62 bits per heavy atom. The highest BCUT2D eigenvalue weighted by molar-refractivity contribution is 8.00. The molecule has 4 aromatic rings. The quantitative estimate of drug-likeness (QED) is 0.319. The van der Waals surface area contributed by atoms with Crippen LogP contribution in [0.2, 0.25) is 0 Å². The Morgan fingerprint density at radius 1 is 0.938 bits per heavy atom. The van der Waals surface area contributed by atoms with E-state index in [-0.39, 0.29) is 11.2 Å². The molecule has 7 heteroatoms. The molecule has 0 aliphatic rings. The highest BCUT2D eigenvalue weighted by Gasteiger charge is 2.23. The zero-order valence-corrected chi connectivity index (χ0v) is 19.2. The Kier molecular flexibility index (Phi) is 7.53. The number of benzene rings is 3. The lowest BCUT2D eigenvalue weighted by molar-refractivity contribution is -0.115. The zero-order chi connectivity index (χ0) is 22.2. The molecule has 0 aliphatic heterocycles. The lowest BCUT2D eigenvalue weighted by Gasteiger charge is -2.16. The lowest BCUT2D eigenvalue weighted by atomic mass is 10.1. The van der Waals surface area contributed by atoms with Crippen molar-refractivity contribution in [2.45, 2.75) is 23.0 Å². The van der Waals surface area contributed by atoms with Gasteiger partial charge in [0, 0.05) is 11.3 Å². The van der Waals surface area contributed by atoms with Crippen LogP contribution in [0.4, 0.5) is 5.13 Å². The molecular weight excluding hydrogens is 438 g/mol. The third-order valence-corrected chi connectivity index (χ3v) is 6.99. The Labute approximate surface area is 195 Å². The fraction of sp³-hybridized carbons (Fsp3) is 0.160. The number of thioether (sulfide) groups is 1. The molecule has 1 amide bonds. The average molecular weight is 462 g/mol. The van der Waals surface area contributed by atoms with E-state index in [1.54, 1.807) is 7.11 Å². The van der Waals surface area contributed by atoms with Crippen LogP contribution in [0.15, 0.2) is 89.8 Å². The standard InChI is InChI=1S/C25H23N3O2S2/c1-30-20-15-12-18(13-16-20)14-17-22-27-28-25(32-22)26-24(29)23(19-8-4-2-5-9-19)31-21-10-6-3-7-11-21/h2-13,15-16,23H,14,17H2,1H3,(H,26,28,29). The molecule has 0 saturated heterocycles. The molecule has 0 fully saturated rings. The first-order valence-corrected chi connectivity index (χ1v) is 11.9. The minimum absolute atomic E-state index is 0.108. The molecule has 0 saturated carbocycles. The van der Waals surface area contributed by atoms with Crippen LogP contribution < -0.4 is 10.1 Å². The van der Waals surface area contributed by atoms with Gasteiger partial charge in [0.2, 0.25) is 11.0 Å². The van der Waals surface area contributed by atoms with Gasteiger partial charge in [0.15, 0.2) is 0 Å².